The largest absolute Gasteiger partial charge is 0.419 e. The Morgan fingerprint density at radius 2 is 2.12 bits per heavy atom. The number of rotatable bonds is 4. The summed E-state index contributed by atoms with van der Waals surface area (Å²) in [7, 11) is 0. The summed E-state index contributed by atoms with van der Waals surface area (Å²) in [4.78, 5) is 4.22. The van der Waals surface area contributed by atoms with Crippen LogP contribution in [-0.4, -0.2) is 21.3 Å². The predicted octanol–water partition coefficient (Wildman–Crippen LogP) is 5.17. The van der Waals surface area contributed by atoms with Crippen molar-refractivity contribution in [3.8, 4) is 0 Å². The summed E-state index contributed by atoms with van der Waals surface area (Å²) in [6.07, 6.45) is 1.81. The monoisotopic (exact) mass is 422 g/mol. The highest BCUT2D eigenvalue weighted by Crippen LogP contribution is 2.36. The topological polar surface area (TPSA) is 42.7 Å². The smallest absolute Gasteiger partial charge is 0.370 e. The molecule has 4 nitrogen and oxygen atoms in total. The fraction of sp³-hybridized carbons (Fsp3) is 0.467. The zero-order chi connectivity index (χ0) is 17.3. The molecule has 2 aromatic rings. The molecule has 130 valence electrons. The third-order valence-corrected chi connectivity index (χ3v) is 5.37. The molecular weight excluding hydrogens is 409 g/mol. The number of nitrogens with one attached hydrogen (secondary N) is 1. The van der Waals surface area contributed by atoms with Crippen molar-refractivity contribution in [2.75, 3.05) is 11.9 Å². The van der Waals surface area contributed by atoms with Crippen molar-refractivity contribution < 1.29 is 13.2 Å². The van der Waals surface area contributed by atoms with Gasteiger partial charge in [-0.2, -0.15) is 18.3 Å². The molecule has 0 radical (unpaired) electrons. The molecule has 0 aliphatic heterocycles. The summed E-state index contributed by atoms with van der Waals surface area (Å²) < 4.78 is 40.1. The van der Waals surface area contributed by atoms with Crippen LogP contribution in [0.3, 0.4) is 0 Å². The summed E-state index contributed by atoms with van der Waals surface area (Å²) in [5, 5.41) is 7.69. The lowest BCUT2D eigenvalue weighted by atomic mass is 10.1. The van der Waals surface area contributed by atoms with Crippen molar-refractivity contribution in [2.24, 2.45) is 5.92 Å². The van der Waals surface area contributed by atoms with Gasteiger partial charge in [-0.1, -0.05) is 11.6 Å². The minimum Gasteiger partial charge on any atom is -0.370 e. The summed E-state index contributed by atoms with van der Waals surface area (Å²) in [5.41, 5.74) is -0.697. The number of alkyl halides is 3. The molecule has 1 N–H and O–H groups in total. The second kappa shape index (κ2) is 6.92. The molecular formula is C15H15BrClF3N4. The molecule has 2 unspecified atom stereocenters. The van der Waals surface area contributed by atoms with Crippen LogP contribution in [0.25, 0.3) is 0 Å². The third-order valence-electron chi connectivity index (χ3n) is 4.20. The molecule has 0 bridgehead atoms. The van der Waals surface area contributed by atoms with E-state index in [-0.39, 0.29) is 6.04 Å². The van der Waals surface area contributed by atoms with Gasteiger partial charge in [0.25, 0.3) is 0 Å². The Hall–Kier alpha value is -1.28. The fourth-order valence-corrected chi connectivity index (χ4v) is 3.29. The van der Waals surface area contributed by atoms with E-state index in [2.05, 4.69) is 31.3 Å². The Labute approximate surface area is 150 Å². The van der Waals surface area contributed by atoms with Crippen molar-refractivity contribution in [1.82, 2.24) is 14.8 Å². The number of halogens is 5. The average molecular weight is 424 g/mol. The van der Waals surface area contributed by atoms with Crippen molar-refractivity contribution in [1.29, 1.82) is 0 Å². The van der Waals surface area contributed by atoms with E-state index in [1.165, 1.54) is 4.68 Å². The molecule has 1 aliphatic carbocycles. The Morgan fingerprint density at radius 3 is 2.79 bits per heavy atom. The molecule has 2 aromatic heterocycles. The van der Waals surface area contributed by atoms with Crippen LogP contribution in [0.4, 0.5) is 19.0 Å². The number of nitrogens with zero attached hydrogens (tertiary/aromatic N) is 3. The Morgan fingerprint density at radius 1 is 1.33 bits per heavy atom. The standard InChI is InChI=1S/C15H15BrClF3N4/c16-12-7-22-14(4-13(12)17)21-5-9-1-2-11(3-9)24-8-10(6-23-24)15(18,19)20/h4,6-9,11H,1-3,5H2,(H,21,22). The van der Waals surface area contributed by atoms with E-state index in [1.807, 2.05) is 0 Å². The van der Waals surface area contributed by atoms with E-state index in [0.29, 0.717) is 23.3 Å². The summed E-state index contributed by atoms with van der Waals surface area (Å²) >= 11 is 9.31. The predicted molar refractivity (Wildman–Crippen MR) is 89.0 cm³/mol. The van der Waals surface area contributed by atoms with Crippen molar-refractivity contribution >= 4 is 33.3 Å². The molecule has 2 heterocycles. The molecule has 2 atom stereocenters. The molecule has 0 saturated heterocycles. The van der Waals surface area contributed by atoms with Crippen LogP contribution in [0, 0.1) is 5.92 Å². The zero-order valence-electron chi connectivity index (χ0n) is 12.5. The van der Waals surface area contributed by atoms with Crippen LogP contribution < -0.4 is 5.32 Å². The Balaban J connectivity index is 1.55. The first kappa shape index (κ1) is 17.5. The Bertz CT molecular complexity index is 719. The maximum atomic E-state index is 12.6. The number of hydrogen-bond donors (Lipinski definition) is 1. The molecule has 9 heteroatoms. The fourth-order valence-electron chi connectivity index (χ4n) is 2.92. The van der Waals surface area contributed by atoms with Crippen LogP contribution in [-0.2, 0) is 6.18 Å². The highest BCUT2D eigenvalue weighted by atomic mass is 79.9. The van der Waals surface area contributed by atoms with Gasteiger partial charge in [0.2, 0.25) is 0 Å². The molecule has 0 amide bonds. The van der Waals surface area contributed by atoms with Gasteiger partial charge in [0, 0.05) is 25.0 Å². The first-order valence-corrected chi connectivity index (χ1v) is 8.66. The van der Waals surface area contributed by atoms with Gasteiger partial charge in [-0.3, -0.25) is 4.68 Å². The molecule has 1 fully saturated rings. The van der Waals surface area contributed by atoms with Crippen molar-refractivity contribution in [3.63, 3.8) is 0 Å². The minimum atomic E-state index is -4.34. The molecule has 1 aliphatic rings. The average Bonchev–Trinajstić information content (AvgIpc) is 3.16. The normalized spacial score (nSPS) is 21.2. The van der Waals surface area contributed by atoms with E-state index >= 15 is 0 Å². The van der Waals surface area contributed by atoms with E-state index < -0.39 is 11.7 Å². The first-order chi connectivity index (χ1) is 11.3. The number of anilines is 1. The molecule has 0 spiro atoms. The van der Waals surface area contributed by atoms with Crippen LogP contribution >= 0.6 is 27.5 Å². The molecule has 0 aromatic carbocycles. The second-order valence-electron chi connectivity index (χ2n) is 5.90. The maximum absolute atomic E-state index is 12.6. The van der Waals surface area contributed by atoms with Crippen LogP contribution in [0.2, 0.25) is 5.02 Å². The van der Waals surface area contributed by atoms with Gasteiger partial charge in [-0.05, 0) is 41.1 Å². The van der Waals surface area contributed by atoms with E-state index in [0.717, 1.165) is 36.1 Å². The number of hydrogen-bond acceptors (Lipinski definition) is 3. The van der Waals surface area contributed by atoms with Crippen LogP contribution in [0.15, 0.2) is 29.1 Å². The van der Waals surface area contributed by atoms with Crippen LogP contribution in [0.5, 0.6) is 0 Å². The van der Waals surface area contributed by atoms with E-state index in [4.69, 9.17) is 11.6 Å². The lowest BCUT2D eigenvalue weighted by Gasteiger charge is -2.13. The highest BCUT2D eigenvalue weighted by Gasteiger charge is 2.34. The lowest BCUT2D eigenvalue weighted by Crippen LogP contribution is -2.13. The van der Waals surface area contributed by atoms with E-state index in [1.54, 1.807) is 12.3 Å². The maximum Gasteiger partial charge on any atom is 0.419 e. The second-order valence-corrected chi connectivity index (χ2v) is 7.17. The number of pyridine rings is 1. The molecule has 1 saturated carbocycles. The van der Waals surface area contributed by atoms with Gasteiger partial charge in [-0.25, -0.2) is 4.98 Å². The van der Waals surface area contributed by atoms with Gasteiger partial charge in [-0.15, -0.1) is 0 Å². The molecule has 24 heavy (non-hydrogen) atoms. The van der Waals surface area contributed by atoms with Crippen molar-refractivity contribution in [3.05, 3.63) is 39.7 Å². The first-order valence-electron chi connectivity index (χ1n) is 7.49. The zero-order valence-corrected chi connectivity index (χ0v) is 14.9. The van der Waals surface area contributed by atoms with Gasteiger partial charge >= 0.3 is 6.18 Å². The SMILES string of the molecule is FC(F)(F)c1cnn(C2CCC(CNc3cc(Cl)c(Br)cn3)C2)c1. The van der Waals surface area contributed by atoms with Gasteiger partial charge in [0.15, 0.2) is 0 Å². The summed E-state index contributed by atoms with van der Waals surface area (Å²) in [5.74, 6) is 1.04. The lowest BCUT2D eigenvalue weighted by molar-refractivity contribution is -0.137. The van der Waals surface area contributed by atoms with Crippen LogP contribution in [0.1, 0.15) is 30.9 Å². The quantitative estimate of drug-likeness (QED) is 0.738. The van der Waals surface area contributed by atoms with Gasteiger partial charge in [0.1, 0.15) is 5.82 Å². The highest BCUT2D eigenvalue weighted by molar-refractivity contribution is 9.10. The number of aromatic nitrogens is 3. The molecule has 3 rings (SSSR count). The minimum absolute atomic E-state index is 0.00867. The van der Waals surface area contributed by atoms with Crippen molar-refractivity contribution in [2.45, 2.75) is 31.5 Å². The third kappa shape index (κ3) is 4.03. The van der Waals surface area contributed by atoms with Gasteiger partial charge in [0.05, 0.1) is 27.3 Å². The summed E-state index contributed by atoms with van der Waals surface area (Å²) in [6.45, 7) is 0.703. The van der Waals surface area contributed by atoms with Gasteiger partial charge < -0.3 is 5.32 Å². The Kier molecular flexibility index (Phi) is 5.05. The summed E-state index contributed by atoms with van der Waals surface area (Å²) in [6, 6.07) is 1.75. The van der Waals surface area contributed by atoms with E-state index in [9.17, 15) is 13.2 Å².